The summed E-state index contributed by atoms with van der Waals surface area (Å²) in [5, 5.41) is 8.99. The zero-order valence-electron chi connectivity index (χ0n) is 9.55. The molecule has 0 aliphatic rings. The summed E-state index contributed by atoms with van der Waals surface area (Å²) in [5.74, 6) is 0.847. The Hall–Kier alpha value is -2.07. The number of anilines is 1. The second-order valence-electron chi connectivity index (χ2n) is 4.08. The van der Waals surface area contributed by atoms with E-state index in [1.54, 1.807) is 0 Å². The molecule has 1 aromatic carbocycles. The molecule has 0 aliphatic heterocycles. The molecule has 0 unspecified atom stereocenters. The highest BCUT2D eigenvalue weighted by atomic mass is 35.5. The number of hydrogen-bond donors (Lipinski definition) is 1. The van der Waals surface area contributed by atoms with Crippen molar-refractivity contribution >= 4 is 22.9 Å². The van der Waals surface area contributed by atoms with Gasteiger partial charge >= 0.3 is 0 Å². The van der Waals surface area contributed by atoms with Gasteiger partial charge in [0.2, 0.25) is 0 Å². The molecule has 0 saturated heterocycles. The molecule has 0 fully saturated rings. The van der Waals surface area contributed by atoms with E-state index in [1.807, 2.05) is 47.0 Å². The first-order valence-corrected chi connectivity index (χ1v) is 5.94. The molecule has 0 bridgehead atoms. The number of aromatic nitrogens is 3. The maximum Gasteiger partial charge on any atom is 0.183 e. The standard InChI is InChI=1S/C13H11ClN4/c14-10-4-1-3-9(7-10)8-12-16-17-13-11(15)5-2-6-18(12)13/h1-7H,8,15H2. The lowest BCUT2D eigenvalue weighted by Gasteiger charge is -2.02. The SMILES string of the molecule is Nc1cccn2c(Cc3cccc(Cl)c3)nnc12. The largest absolute Gasteiger partial charge is 0.396 e. The summed E-state index contributed by atoms with van der Waals surface area (Å²) in [6, 6.07) is 11.4. The maximum absolute atomic E-state index is 5.97. The number of rotatable bonds is 2. The number of benzene rings is 1. The van der Waals surface area contributed by atoms with Crippen molar-refractivity contribution in [2.75, 3.05) is 5.73 Å². The molecular formula is C13H11ClN4. The predicted molar refractivity (Wildman–Crippen MR) is 71.7 cm³/mol. The van der Waals surface area contributed by atoms with Gasteiger partial charge in [-0.05, 0) is 29.8 Å². The molecule has 2 heterocycles. The van der Waals surface area contributed by atoms with Crippen molar-refractivity contribution in [3.63, 3.8) is 0 Å². The monoisotopic (exact) mass is 258 g/mol. The molecule has 5 heteroatoms. The van der Waals surface area contributed by atoms with Crippen LogP contribution in [0.2, 0.25) is 5.02 Å². The second-order valence-corrected chi connectivity index (χ2v) is 4.52. The molecule has 0 aliphatic carbocycles. The molecule has 0 amide bonds. The van der Waals surface area contributed by atoms with Crippen molar-refractivity contribution in [3.05, 3.63) is 59.0 Å². The van der Waals surface area contributed by atoms with Gasteiger partial charge in [-0.15, -0.1) is 10.2 Å². The van der Waals surface area contributed by atoms with Crippen LogP contribution in [0.3, 0.4) is 0 Å². The summed E-state index contributed by atoms with van der Waals surface area (Å²) in [6.45, 7) is 0. The molecule has 2 N–H and O–H groups in total. The fraction of sp³-hybridized carbons (Fsp3) is 0.0769. The molecule has 2 aromatic heterocycles. The normalized spacial score (nSPS) is 10.9. The molecule has 0 saturated carbocycles. The average Bonchev–Trinajstić information content (AvgIpc) is 2.74. The van der Waals surface area contributed by atoms with E-state index in [-0.39, 0.29) is 0 Å². The predicted octanol–water partition coefficient (Wildman–Crippen LogP) is 2.56. The quantitative estimate of drug-likeness (QED) is 0.769. The minimum absolute atomic E-state index is 0.627. The number of halogens is 1. The Kier molecular flexibility index (Phi) is 2.64. The third-order valence-electron chi connectivity index (χ3n) is 2.79. The number of nitrogens with two attached hydrogens (primary N) is 1. The zero-order chi connectivity index (χ0) is 12.5. The van der Waals surface area contributed by atoms with Crippen molar-refractivity contribution in [1.29, 1.82) is 0 Å². The highest BCUT2D eigenvalue weighted by Gasteiger charge is 2.08. The molecule has 18 heavy (non-hydrogen) atoms. The van der Waals surface area contributed by atoms with Gasteiger partial charge in [-0.3, -0.25) is 4.40 Å². The van der Waals surface area contributed by atoms with E-state index in [4.69, 9.17) is 17.3 Å². The fourth-order valence-electron chi connectivity index (χ4n) is 1.93. The Morgan fingerprint density at radius 3 is 2.89 bits per heavy atom. The molecule has 4 nitrogen and oxygen atoms in total. The van der Waals surface area contributed by atoms with E-state index in [1.165, 1.54) is 0 Å². The Morgan fingerprint density at radius 2 is 2.06 bits per heavy atom. The van der Waals surface area contributed by atoms with E-state index < -0.39 is 0 Å². The highest BCUT2D eigenvalue weighted by Crippen LogP contribution is 2.16. The van der Waals surface area contributed by atoms with Gasteiger partial charge < -0.3 is 5.73 Å². The van der Waals surface area contributed by atoms with Crippen LogP contribution in [-0.2, 0) is 6.42 Å². The summed E-state index contributed by atoms with van der Waals surface area (Å²) in [6.07, 6.45) is 2.58. The third-order valence-corrected chi connectivity index (χ3v) is 3.02. The average molecular weight is 259 g/mol. The first-order chi connectivity index (χ1) is 8.74. The summed E-state index contributed by atoms with van der Waals surface area (Å²) in [7, 11) is 0. The molecule has 90 valence electrons. The summed E-state index contributed by atoms with van der Waals surface area (Å²) >= 11 is 5.97. The minimum Gasteiger partial charge on any atom is -0.396 e. The topological polar surface area (TPSA) is 56.2 Å². The Labute approximate surface area is 109 Å². The van der Waals surface area contributed by atoms with Crippen LogP contribution >= 0.6 is 11.6 Å². The summed E-state index contributed by atoms with van der Waals surface area (Å²) in [4.78, 5) is 0. The lowest BCUT2D eigenvalue weighted by Crippen LogP contribution is -1.97. The molecule has 3 aromatic rings. The third kappa shape index (κ3) is 1.91. The van der Waals surface area contributed by atoms with E-state index in [0.717, 1.165) is 16.4 Å². The summed E-state index contributed by atoms with van der Waals surface area (Å²) in [5.41, 5.74) is 8.26. The van der Waals surface area contributed by atoms with Gasteiger partial charge in [-0.25, -0.2) is 0 Å². The van der Waals surface area contributed by atoms with Gasteiger partial charge in [-0.1, -0.05) is 23.7 Å². The van der Waals surface area contributed by atoms with Crippen LogP contribution in [0.25, 0.3) is 5.65 Å². The number of fused-ring (bicyclic) bond motifs is 1. The fourth-order valence-corrected chi connectivity index (χ4v) is 2.15. The minimum atomic E-state index is 0.627. The van der Waals surface area contributed by atoms with Crippen LogP contribution in [0.1, 0.15) is 11.4 Å². The van der Waals surface area contributed by atoms with Gasteiger partial charge in [0, 0.05) is 17.6 Å². The van der Waals surface area contributed by atoms with Crippen molar-refractivity contribution in [2.24, 2.45) is 0 Å². The van der Waals surface area contributed by atoms with Gasteiger partial charge in [0.25, 0.3) is 0 Å². The maximum atomic E-state index is 5.97. The second kappa shape index (κ2) is 4.31. The van der Waals surface area contributed by atoms with Crippen molar-refractivity contribution < 1.29 is 0 Å². The molecule has 3 rings (SSSR count). The van der Waals surface area contributed by atoms with Crippen LogP contribution in [0.5, 0.6) is 0 Å². The number of pyridine rings is 1. The van der Waals surface area contributed by atoms with Crippen LogP contribution in [-0.4, -0.2) is 14.6 Å². The van der Waals surface area contributed by atoms with Crippen molar-refractivity contribution in [1.82, 2.24) is 14.6 Å². The number of nitrogens with zero attached hydrogens (tertiary/aromatic N) is 3. The smallest absolute Gasteiger partial charge is 0.183 e. The van der Waals surface area contributed by atoms with Crippen LogP contribution in [0.15, 0.2) is 42.6 Å². The van der Waals surface area contributed by atoms with E-state index >= 15 is 0 Å². The van der Waals surface area contributed by atoms with E-state index in [2.05, 4.69) is 10.2 Å². The number of hydrogen-bond acceptors (Lipinski definition) is 3. The van der Waals surface area contributed by atoms with Crippen LogP contribution in [0.4, 0.5) is 5.69 Å². The highest BCUT2D eigenvalue weighted by molar-refractivity contribution is 6.30. The lowest BCUT2D eigenvalue weighted by molar-refractivity contribution is 0.935. The number of nitrogen functional groups attached to an aromatic ring is 1. The van der Waals surface area contributed by atoms with Crippen LogP contribution in [0, 0.1) is 0 Å². The molecule has 0 radical (unpaired) electrons. The zero-order valence-corrected chi connectivity index (χ0v) is 10.3. The Balaban J connectivity index is 2.03. The van der Waals surface area contributed by atoms with Crippen LogP contribution < -0.4 is 5.73 Å². The van der Waals surface area contributed by atoms with Crippen molar-refractivity contribution in [2.45, 2.75) is 6.42 Å². The molecule has 0 atom stereocenters. The van der Waals surface area contributed by atoms with Crippen molar-refractivity contribution in [3.8, 4) is 0 Å². The van der Waals surface area contributed by atoms with Gasteiger partial charge in [0.15, 0.2) is 5.65 Å². The van der Waals surface area contributed by atoms with Gasteiger partial charge in [0.1, 0.15) is 5.82 Å². The first kappa shape index (κ1) is 11.0. The lowest BCUT2D eigenvalue weighted by atomic mass is 10.1. The summed E-state index contributed by atoms with van der Waals surface area (Å²) < 4.78 is 1.90. The Morgan fingerprint density at radius 1 is 1.17 bits per heavy atom. The van der Waals surface area contributed by atoms with Gasteiger partial charge in [-0.2, -0.15) is 0 Å². The van der Waals surface area contributed by atoms with E-state index in [9.17, 15) is 0 Å². The molecule has 0 spiro atoms. The first-order valence-electron chi connectivity index (χ1n) is 5.56. The Bertz CT molecular complexity index is 705. The van der Waals surface area contributed by atoms with E-state index in [0.29, 0.717) is 17.8 Å². The molecular weight excluding hydrogens is 248 g/mol. The van der Waals surface area contributed by atoms with Gasteiger partial charge in [0.05, 0.1) is 5.69 Å².